The molecule has 1 N–H and O–H groups in total. The van der Waals surface area contributed by atoms with E-state index in [0.717, 1.165) is 18.9 Å². The Bertz CT molecular complexity index is 650. The summed E-state index contributed by atoms with van der Waals surface area (Å²) in [6.45, 7) is 3.27. The van der Waals surface area contributed by atoms with E-state index in [9.17, 15) is 14.0 Å². The van der Waals surface area contributed by atoms with Crippen LogP contribution in [0.15, 0.2) is 23.9 Å². The summed E-state index contributed by atoms with van der Waals surface area (Å²) in [5, 5.41) is 3.03. The zero-order chi connectivity index (χ0) is 17.0. The fourth-order valence-electron chi connectivity index (χ4n) is 2.12. The van der Waals surface area contributed by atoms with Gasteiger partial charge in [0.1, 0.15) is 0 Å². The van der Waals surface area contributed by atoms with Crippen LogP contribution in [0.5, 0.6) is 11.5 Å². The molecule has 23 heavy (non-hydrogen) atoms. The molecule has 1 fully saturated rings. The van der Waals surface area contributed by atoms with Crippen LogP contribution >= 0.6 is 0 Å². The second-order valence-electron chi connectivity index (χ2n) is 5.27. The molecule has 5 nitrogen and oxygen atoms in total. The van der Waals surface area contributed by atoms with Crippen molar-refractivity contribution in [2.75, 3.05) is 13.7 Å². The lowest BCUT2D eigenvalue weighted by molar-refractivity contribution is -0.113. The predicted octanol–water partition coefficient (Wildman–Crippen LogP) is 2.64. The highest BCUT2D eigenvalue weighted by atomic mass is 19.1. The van der Waals surface area contributed by atoms with E-state index in [-0.39, 0.29) is 35.0 Å². The smallest absolute Gasteiger partial charge is 0.201 e. The number of carbonyl (C=O) groups is 2. The highest BCUT2D eigenvalue weighted by molar-refractivity contribution is 6.26. The number of methoxy groups -OCH3 is 1. The average molecular weight is 321 g/mol. The normalized spacial score (nSPS) is 14.3. The Balaban J connectivity index is 2.43. The number of nitrogens with one attached hydrogen (secondary N) is 1. The number of allylic oxidation sites excluding steroid dienone is 1. The molecule has 1 saturated carbocycles. The molecule has 1 aliphatic rings. The molecular formula is C17H20FNO4. The molecule has 0 radical (unpaired) electrons. The van der Waals surface area contributed by atoms with E-state index in [1.54, 1.807) is 6.92 Å². The van der Waals surface area contributed by atoms with Crippen molar-refractivity contribution in [3.63, 3.8) is 0 Å². The lowest BCUT2D eigenvalue weighted by Crippen LogP contribution is -2.18. The molecule has 0 aliphatic heterocycles. The van der Waals surface area contributed by atoms with E-state index in [4.69, 9.17) is 9.47 Å². The highest BCUT2D eigenvalue weighted by Crippen LogP contribution is 2.35. The lowest BCUT2D eigenvalue weighted by atomic mass is 10.00. The molecule has 1 aromatic rings. The number of halogens is 1. The molecule has 1 aromatic carbocycles. The maximum atomic E-state index is 13.8. The van der Waals surface area contributed by atoms with Gasteiger partial charge in [-0.25, -0.2) is 4.39 Å². The van der Waals surface area contributed by atoms with Crippen molar-refractivity contribution in [1.82, 2.24) is 5.32 Å². The van der Waals surface area contributed by atoms with Crippen molar-refractivity contribution in [1.29, 1.82) is 0 Å². The van der Waals surface area contributed by atoms with Crippen LogP contribution < -0.4 is 14.8 Å². The Hall–Kier alpha value is -2.37. The van der Waals surface area contributed by atoms with Crippen LogP contribution in [0.3, 0.4) is 0 Å². The van der Waals surface area contributed by atoms with Crippen LogP contribution in [0.2, 0.25) is 0 Å². The molecule has 0 atom stereocenters. The average Bonchev–Trinajstić information content (AvgIpc) is 3.32. The van der Waals surface area contributed by atoms with Crippen molar-refractivity contribution in [3.8, 4) is 11.5 Å². The van der Waals surface area contributed by atoms with Crippen molar-refractivity contribution in [3.05, 3.63) is 35.3 Å². The van der Waals surface area contributed by atoms with E-state index in [2.05, 4.69) is 5.32 Å². The number of hydrogen-bond acceptors (Lipinski definition) is 5. The van der Waals surface area contributed by atoms with Gasteiger partial charge < -0.3 is 14.8 Å². The van der Waals surface area contributed by atoms with Gasteiger partial charge in [0.15, 0.2) is 23.1 Å². The van der Waals surface area contributed by atoms with Crippen LogP contribution in [0.4, 0.5) is 4.39 Å². The first kappa shape index (κ1) is 17.0. The standard InChI is InChI=1S/C17H20FNO4/c1-4-23-16-12(7-8-14(18)17(16)22-3)15(21)13(10(2)20)9-19-11-5-6-11/h7-9,11,19H,4-6H2,1-3H3/b13-9+. The summed E-state index contributed by atoms with van der Waals surface area (Å²) in [5.74, 6) is -1.65. The van der Waals surface area contributed by atoms with Crippen molar-refractivity contribution in [2.24, 2.45) is 0 Å². The Morgan fingerprint density at radius 2 is 2.04 bits per heavy atom. The minimum Gasteiger partial charge on any atom is -0.490 e. The summed E-state index contributed by atoms with van der Waals surface area (Å²) in [7, 11) is 1.30. The molecule has 2 rings (SSSR count). The maximum Gasteiger partial charge on any atom is 0.201 e. The zero-order valence-corrected chi connectivity index (χ0v) is 13.4. The molecule has 0 spiro atoms. The van der Waals surface area contributed by atoms with Crippen molar-refractivity contribution >= 4 is 11.6 Å². The summed E-state index contributed by atoms with van der Waals surface area (Å²) in [5.41, 5.74) is 0.107. The number of ketones is 2. The quantitative estimate of drug-likeness (QED) is 0.345. The third-order valence-corrected chi connectivity index (χ3v) is 3.47. The Morgan fingerprint density at radius 1 is 1.35 bits per heavy atom. The van der Waals surface area contributed by atoms with E-state index in [1.807, 2.05) is 0 Å². The summed E-state index contributed by atoms with van der Waals surface area (Å²) in [4.78, 5) is 24.5. The molecule has 1 aliphatic carbocycles. The van der Waals surface area contributed by atoms with Gasteiger partial charge in [-0.1, -0.05) is 0 Å². The number of ether oxygens (including phenoxy) is 2. The molecule has 0 unspecified atom stereocenters. The zero-order valence-electron chi connectivity index (χ0n) is 13.4. The SMILES string of the molecule is CCOc1c(C(=O)/C(=C/NC2CC2)C(C)=O)ccc(F)c1OC. The third kappa shape index (κ3) is 3.88. The minimum absolute atomic E-state index is 0.00603. The first-order valence-corrected chi connectivity index (χ1v) is 7.50. The van der Waals surface area contributed by atoms with Gasteiger partial charge in [0.05, 0.1) is 24.9 Å². The van der Waals surface area contributed by atoms with Crippen LogP contribution in [0.25, 0.3) is 0 Å². The summed E-state index contributed by atoms with van der Waals surface area (Å²) >= 11 is 0. The number of hydrogen-bond donors (Lipinski definition) is 1. The van der Waals surface area contributed by atoms with E-state index >= 15 is 0 Å². The van der Waals surface area contributed by atoms with Crippen LogP contribution in [0, 0.1) is 5.82 Å². The minimum atomic E-state index is -0.628. The van der Waals surface area contributed by atoms with Gasteiger partial charge in [0.2, 0.25) is 5.78 Å². The van der Waals surface area contributed by atoms with Gasteiger partial charge in [0, 0.05) is 12.2 Å². The largest absolute Gasteiger partial charge is 0.490 e. The topological polar surface area (TPSA) is 64.6 Å². The number of carbonyl (C=O) groups excluding carboxylic acids is 2. The Morgan fingerprint density at radius 3 is 2.57 bits per heavy atom. The maximum absolute atomic E-state index is 13.8. The molecule has 0 amide bonds. The van der Waals surface area contributed by atoms with E-state index < -0.39 is 11.6 Å². The van der Waals surface area contributed by atoms with Gasteiger partial charge >= 0.3 is 0 Å². The van der Waals surface area contributed by atoms with Gasteiger partial charge in [-0.05, 0) is 38.8 Å². The molecule has 0 saturated heterocycles. The summed E-state index contributed by atoms with van der Waals surface area (Å²) < 4.78 is 24.2. The monoisotopic (exact) mass is 321 g/mol. The number of Topliss-reactive ketones (excluding diaryl/α,β-unsaturated/α-hetero) is 2. The van der Waals surface area contributed by atoms with Crippen molar-refractivity contribution < 1.29 is 23.5 Å². The molecule has 124 valence electrons. The third-order valence-electron chi connectivity index (χ3n) is 3.47. The number of rotatable bonds is 8. The molecule has 0 aromatic heterocycles. The van der Waals surface area contributed by atoms with E-state index in [1.165, 1.54) is 26.3 Å². The van der Waals surface area contributed by atoms with Gasteiger partial charge in [0.25, 0.3) is 0 Å². The first-order chi connectivity index (χ1) is 11.0. The van der Waals surface area contributed by atoms with Gasteiger partial charge in [-0.2, -0.15) is 0 Å². The summed E-state index contributed by atoms with van der Waals surface area (Å²) in [6.07, 6.45) is 3.47. The molecule has 0 bridgehead atoms. The first-order valence-electron chi connectivity index (χ1n) is 7.50. The lowest BCUT2D eigenvalue weighted by Gasteiger charge is -2.14. The van der Waals surface area contributed by atoms with Gasteiger partial charge in [-0.15, -0.1) is 0 Å². The Kier molecular flexibility index (Phi) is 5.36. The molecular weight excluding hydrogens is 301 g/mol. The fraction of sp³-hybridized carbons (Fsp3) is 0.412. The van der Waals surface area contributed by atoms with Crippen LogP contribution in [0.1, 0.15) is 37.0 Å². The fourth-order valence-corrected chi connectivity index (χ4v) is 2.12. The second-order valence-corrected chi connectivity index (χ2v) is 5.27. The summed E-state index contributed by atoms with van der Waals surface area (Å²) in [6, 6.07) is 2.74. The van der Waals surface area contributed by atoms with Crippen LogP contribution in [-0.4, -0.2) is 31.3 Å². The Labute approximate surface area is 134 Å². The van der Waals surface area contributed by atoms with Crippen molar-refractivity contribution in [2.45, 2.75) is 32.7 Å². The van der Waals surface area contributed by atoms with E-state index in [0.29, 0.717) is 6.04 Å². The second kappa shape index (κ2) is 7.26. The molecule has 6 heteroatoms. The van der Waals surface area contributed by atoms with Gasteiger partial charge in [-0.3, -0.25) is 9.59 Å². The number of benzene rings is 1. The molecule has 0 heterocycles. The van der Waals surface area contributed by atoms with Crippen LogP contribution in [-0.2, 0) is 4.79 Å². The highest BCUT2D eigenvalue weighted by Gasteiger charge is 2.26. The predicted molar refractivity (Wildman–Crippen MR) is 83.4 cm³/mol.